The first kappa shape index (κ1) is 17.5. The second-order valence-corrected chi connectivity index (χ2v) is 7.59. The molecule has 2 atom stereocenters. The molecule has 2 rings (SSSR count). The van der Waals surface area contributed by atoms with E-state index in [0.29, 0.717) is 0 Å². The zero-order valence-corrected chi connectivity index (χ0v) is 14.8. The number of anilines is 1. The fraction of sp³-hybridized carbons (Fsp3) is 0.579. The Labute approximate surface area is 139 Å². The molecule has 0 radical (unpaired) electrons. The second-order valence-electron chi connectivity index (χ2n) is 7.59. The predicted molar refractivity (Wildman–Crippen MR) is 93.4 cm³/mol. The van der Waals surface area contributed by atoms with Gasteiger partial charge in [-0.25, -0.2) is 0 Å². The van der Waals surface area contributed by atoms with Gasteiger partial charge in [0.25, 0.3) is 0 Å². The number of nitrogens with one attached hydrogen (secondary N) is 1. The summed E-state index contributed by atoms with van der Waals surface area (Å²) < 4.78 is 0. The van der Waals surface area contributed by atoms with Crippen LogP contribution in [0, 0.1) is 0 Å². The summed E-state index contributed by atoms with van der Waals surface area (Å²) in [5.74, 6) is -0.962. The number of benzene rings is 1. The second kappa shape index (κ2) is 6.73. The van der Waals surface area contributed by atoms with Crippen LogP contribution in [0.5, 0.6) is 0 Å². The number of carbonyl (C=O) groups excluding carboxylic acids is 2. The van der Waals surface area contributed by atoms with Crippen molar-refractivity contribution >= 4 is 17.5 Å². The van der Waals surface area contributed by atoms with Gasteiger partial charge in [-0.15, -0.1) is 0 Å². The summed E-state index contributed by atoms with van der Waals surface area (Å²) in [4.78, 5) is 26.8. The molecule has 0 aromatic heterocycles. The molecule has 1 heterocycles. The first-order valence-electron chi connectivity index (χ1n) is 8.45. The number of para-hydroxylation sites is 1. The van der Waals surface area contributed by atoms with E-state index in [-0.39, 0.29) is 17.5 Å². The summed E-state index contributed by atoms with van der Waals surface area (Å²) in [6.07, 6.45) is 3.03. The lowest BCUT2D eigenvalue weighted by atomic mass is 9.86. The molecular formula is C19H28N2O2. The standard InChI is InChI=1S/C19H28N2O2/c1-13-9-8-10-14(2)21(13)18(23)17(22)20-16-12-7-6-11-15(16)19(3,4)5/h6-7,11-14H,8-10H2,1-5H3,(H,20,22). The zero-order chi connectivity index (χ0) is 17.2. The van der Waals surface area contributed by atoms with Crippen LogP contribution < -0.4 is 5.32 Å². The van der Waals surface area contributed by atoms with Crippen molar-refractivity contribution in [3.63, 3.8) is 0 Å². The van der Waals surface area contributed by atoms with Crippen molar-refractivity contribution in [2.24, 2.45) is 0 Å². The largest absolute Gasteiger partial charge is 0.329 e. The topological polar surface area (TPSA) is 49.4 Å². The maximum atomic E-state index is 12.6. The van der Waals surface area contributed by atoms with Crippen molar-refractivity contribution in [1.82, 2.24) is 4.90 Å². The van der Waals surface area contributed by atoms with Crippen LogP contribution in [0.3, 0.4) is 0 Å². The van der Waals surface area contributed by atoms with E-state index in [1.54, 1.807) is 4.90 Å². The molecule has 1 aliphatic rings. The minimum atomic E-state index is -0.540. The quantitative estimate of drug-likeness (QED) is 0.803. The van der Waals surface area contributed by atoms with Gasteiger partial charge in [0.2, 0.25) is 0 Å². The van der Waals surface area contributed by atoms with Crippen molar-refractivity contribution in [1.29, 1.82) is 0 Å². The normalized spacial score (nSPS) is 21.9. The summed E-state index contributed by atoms with van der Waals surface area (Å²) in [5.41, 5.74) is 1.65. The van der Waals surface area contributed by atoms with Gasteiger partial charge in [-0.05, 0) is 50.2 Å². The molecule has 1 saturated heterocycles. The third-order valence-electron chi connectivity index (χ3n) is 4.61. The molecule has 2 amide bonds. The van der Waals surface area contributed by atoms with Gasteiger partial charge in [0.1, 0.15) is 0 Å². The maximum Gasteiger partial charge on any atom is 0.313 e. The zero-order valence-electron chi connectivity index (χ0n) is 14.8. The van der Waals surface area contributed by atoms with Gasteiger partial charge in [-0.3, -0.25) is 9.59 Å². The van der Waals surface area contributed by atoms with Crippen molar-refractivity contribution in [3.05, 3.63) is 29.8 Å². The van der Waals surface area contributed by atoms with E-state index in [1.165, 1.54) is 0 Å². The molecule has 1 aliphatic heterocycles. The number of hydrogen-bond acceptors (Lipinski definition) is 2. The van der Waals surface area contributed by atoms with E-state index in [9.17, 15) is 9.59 Å². The highest BCUT2D eigenvalue weighted by Gasteiger charge is 2.33. The first-order valence-corrected chi connectivity index (χ1v) is 8.45. The van der Waals surface area contributed by atoms with Gasteiger partial charge in [0.15, 0.2) is 0 Å². The Hall–Kier alpha value is -1.84. The molecule has 126 valence electrons. The monoisotopic (exact) mass is 316 g/mol. The molecule has 0 aliphatic carbocycles. The Bertz CT molecular complexity index is 579. The van der Waals surface area contributed by atoms with E-state index >= 15 is 0 Å². The minimum absolute atomic E-state index is 0.0986. The Morgan fingerprint density at radius 3 is 2.22 bits per heavy atom. The SMILES string of the molecule is CC1CCCC(C)N1C(=O)C(=O)Nc1ccccc1C(C)(C)C. The smallest absolute Gasteiger partial charge is 0.313 e. The molecule has 1 aromatic carbocycles. The summed E-state index contributed by atoms with van der Waals surface area (Å²) in [6, 6.07) is 7.92. The molecule has 1 aromatic rings. The number of carbonyl (C=O) groups is 2. The summed E-state index contributed by atoms with van der Waals surface area (Å²) in [7, 11) is 0. The van der Waals surface area contributed by atoms with E-state index < -0.39 is 11.8 Å². The van der Waals surface area contributed by atoms with E-state index in [0.717, 1.165) is 30.5 Å². The average Bonchev–Trinajstić information content (AvgIpc) is 2.46. The van der Waals surface area contributed by atoms with Gasteiger partial charge in [-0.1, -0.05) is 39.0 Å². The Morgan fingerprint density at radius 2 is 1.65 bits per heavy atom. The van der Waals surface area contributed by atoms with Crippen LogP contribution in [0.2, 0.25) is 0 Å². The van der Waals surface area contributed by atoms with Crippen LogP contribution >= 0.6 is 0 Å². The molecule has 0 saturated carbocycles. The Balaban J connectivity index is 2.18. The molecule has 1 fully saturated rings. The van der Waals surface area contributed by atoms with Crippen molar-refractivity contribution in [2.45, 2.75) is 71.4 Å². The highest BCUT2D eigenvalue weighted by atomic mass is 16.2. The number of piperidine rings is 1. The first-order chi connectivity index (χ1) is 10.7. The molecule has 0 spiro atoms. The van der Waals surface area contributed by atoms with Crippen LogP contribution in [0.15, 0.2) is 24.3 Å². The number of nitrogens with zero attached hydrogens (tertiary/aromatic N) is 1. The fourth-order valence-corrected chi connectivity index (χ4v) is 3.36. The summed E-state index contributed by atoms with van der Waals surface area (Å²) >= 11 is 0. The Kier molecular flexibility index (Phi) is 5.12. The number of likely N-dealkylation sites (tertiary alicyclic amines) is 1. The van der Waals surface area contributed by atoms with Crippen LogP contribution in [0.25, 0.3) is 0 Å². The highest BCUT2D eigenvalue weighted by molar-refractivity contribution is 6.39. The minimum Gasteiger partial charge on any atom is -0.329 e. The molecule has 0 bridgehead atoms. The summed E-state index contributed by atoms with van der Waals surface area (Å²) in [6.45, 7) is 10.3. The van der Waals surface area contributed by atoms with Crippen LogP contribution in [-0.4, -0.2) is 28.8 Å². The number of hydrogen-bond donors (Lipinski definition) is 1. The molecular weight excluding hydrogens is 288 g/mol. The van der Waals surface area contributed by atoms with Crippen molar-refractivity contribution in [3.8, 4) is 0 Å². The van der Waals surface area contributed by atoms with Crippen molar-refractivity contribution < 1.29 is 9.59 Å². The number of amides is 2. The van der Waals surface area contributed by atoms with Crippen molar-refractivity contribution in [2.75, 3.05) is 5.32 Å². The lowest BCUT2D eigenvalue weighted by Crippen LogP contribution is -2.51. The van der Waals surface area contributed by atoms with E-state index in [2.05, 4.69) is 26.1 Å². The van der Waals surface area contributed by atoms with Gasteiger partial charge in [0.05, 0.1) is 0 Å². The third-order valence-corrected chi connectivity index (χ3v) is 4.61. The molecule has 23 heavy (non-hydrogen) atoms. The van der Waals surface area contributed by atoms with Gasteiger partial charge < -0.3 is 10.2 Å². The molecule has 4 nitrogen and oxygen atoms in total. The van der Waals surface area contributed by atoms with Gasteiger partial charge >= 0.3 is 11.8 Å². The lowest BCUT2D eigenvalue weighted by Gasteiger charge is -2.38. The van der Waals surface area contributed by atoms with Crippen LogP contribution in [0.4, 0.5) is 5.69 Å². The molecule has 2 unspecified atom stereocenters. The highest BCUT2D eigenvalue weighted by Crippen LogP contribution is 2.29. The Morgan fingerprint density at radius 1 is 1.09 bits per heavy atom. The molecule has 1 N–H and O–H groups in total. The van der Waals surface area contributed by atoms with Crippen LogP contribution in [0.1, 0.15) is 59.4 Å². The lowest BCUT2D eigenvalue weighted by molar-refractivity contribution is -0.147. The van der Waals surface area contributed by atoms with Gasteiger partial charge in [0, 0.05) is 17.8 Å². The summed E-state index contributed by atoms with van der Waals surface area (Å²) in [5, 5.41) is 2.83. The predicted octanol–water partition coefficient (Wildman–Crippen LogP) is 3.71. The maximum absolute atomic E-state index is 12.6. The third kappa shape index (κ3) is 3.92. The van der Waals surface area contributed by atoms with E-state index in [1.807, 2.05) is 38.1 Å². The number of rotatable bonds is 1. The molecule has 4 heteroatoms. The fourth-order valence-electron chi connectivity index (χ4n) is 3.36. The van der Waals surface area contributed by atoms with Crippen LogP contribution in [-0.2, 0) is 15.0 Å². The van der Waals surface area contributed by atoms with Gasteiger partial charge in [-0.2, -0.15) is 0 Å². The van der Waals surface area contributed by atoms with E-state index in [4.69, 9.17) is 0 Å². The average molecular weight is 316 g/mol.